The van der Waals surface area contributed by atoms with Gasteiger partial charge in [0, 0.05) is 23.0 Å². The molecule has 7 heteroatoms. The van der Waals surface area contributed by atoms with Crippen molar-refractivity contribution in [1.82, 2.24) is 4.98 Å². The normalized spacial score (nSPS) is 16.5. The number of benzene rings is 1. The van der Waals surface area contributed by atoms with Crippen molar-refractivity contribution in [2.24, 2.45) is 0 Å². The Morgan fingerprint density at radius 1 is 1.04 bits per heavy atom. The molecule has 1 fully saturated rings. The van der Waals surface area contributed by atoms with Crippen LogP contribution >= 0.6 is 15.9 Å². The van der Waals surface area contributed by atoms with E-state index in [1.54, 1.807) is 24.3 Å². The standard InChI is InChI=1S/C19H25BrN2O3S/c1-19(2,3)18-21-16(17(25-18)22-12-6-4-5-7-13-22)26(23,24)15-10-8-14(20)9-11-15/h8-11H,4-7,12-13H2,1-3H3. The first-order valence-electron chi connectivity index (χ1n) is 8.96. The Morgan fingerprint density at radius 2 is 1.62 bits per heavy atom. The van der Waals surface area contributed by atoms with E-state index in [0.29, 0.717) is 11.8 Å². The number of hydrogen-bond donors (Lipinski definition) is 0. The Morgan fingerprint density at radius 3 is 2.15 bits per heavy atom. The van der Waals surface area contributed by atoms with E-state index in [1.807, 2.05) is 25.7 Å². The summed E-state index contributed by atoms with van der Waals surface area (Å²) in [6.45, 7) is 7.51. The van der Waals surface area contributed by atoms with Crippen molar-refractivity contribution in [2.45, 2.75) is 61.8 Å². The Labute approximate surface area is 163 Å². The number of oxazole rings is 1. The van der Waals surface area contributed by atoms with Gasteiger partial charge in [0.15, 0.2) is 0 Å². The van der Waals surface area contributed by atoms with Crippen LogP contribution in [0, 0.1) is 0 Å². The molecule has 0 N–H and O–H groups in total. The Bertz CT molecular complexity index is 859. The van der Waals surface area contributed by atoms with E-state index < -0.39 is 9.84 Å². The first-order valence-corrected chi connectivity index (χ1v) is 11.2. The molecule has 0 unspecified atom stereocenters. The predicted octanol–water partition coefficient (Wildman–Crippen LogP) is 4.95. The molecule has 0 atom stereocenters. The van der Waals surface area contributed by atoms with Crippen LogP contribution in [0.15, 0.2) is 43.1 Å². The van der Waals surface area contributed by atoms with E-state index in [9.17, 15) is 8.42 Å². The molecule has 3 rings (SSSR count). The summed E-state index contributed by atoms with van der Waals surface area (Å²) in [6.07, 6.45) is 4.38. The third-order valence-corrected chi connectivity index (χ3v) is 6.69. The lowest BCUT2D eigenvalue weighted by molar-refractivity contribution is 0.391. The van der Waals surface area contributed by atoms with Crippen LogP contribution in [-0.4, -0.2) is 26.5 Å². The van der Waals surface area contributed by atoms with Crippen LogP contribution in [0.2, 0.25) is 0 Å². The molecule has 0 radical (unpaired) electrons. The van der Waals surface area contributed by atoms with Crippen LogP contribution in [0.5, 0.6) is 0 Å². The number of hydrogen-bond acceptors (Lipinski definition) is 5. The number of nitrogens with zero attached hydrogens (tertiary/aromatic N) is 2. The second-order valence-electron chi connectivity index (χ2n) is 7.74. The molecule has 26 heavy (non-hydrogen) atoms. The van der Waals surface area contributed by atoms with Crippen molar-refractivity contribution in [3.05, 3.63) is 34.6 Å². The molecule has 1 aliphatic rings. The quantitative estimate of drug-likeness (QED) is 0.675. The molecule has 2 heterocycles. The van der Waals surface area contributed by atoms with Gasteiger partial charge in [0.2, 0.25) is 26.6 Å². The summed E-state index contributed by atoms with van der Waals surface area (Å²) in [5.41, 5.74) is -0.367. The van der Waals surface area contributed by atoms with Crippen molar-refractivity contribution in [3.63, 3.8) is 0 Å². The summed E-state index contributed by atoms with van der Waals surface area (Å²) in [5.74, 6) is 0.840. The maximum atomic E-state index is 13.3. The molecule has 0 aliphatic carbocycles. The molecule has 0 amide bonds. The molecule has 142 valence electrons. The fourth-order valence-corrected chi connectivity index (χ4v) is 4.58. The minimum Gasteiger partial charge on any atom is -0.423 e. The van der Waals surface area contributed by atoms with Crippen molar-refractivity contribution < 1.29 is 12.8 Å². The van der Waals surface area contributed by atoms with Crippen LogP contribution in [-0.2, 0) is 15.3 Å². The maximum absolute atomic E-state index is 13.3. The third kappa shape index (κ3) is 3.98. The smallest absolute Gasteiger partial charge is 0.236 e. The molecule has 0 saturated carbocycles. The van der Waals surface area contributed by atoms with Gasteiger partial charge in [-0.05, 0) is 37.1 Å². The monoisotopic (exact) mass is 440 g/mol. The highest BCUT2D eigenvalue weighted by Crippen LogP contribution is 2.36. The van der Waals surface area contributed by atoms with Crippen molar-refractivity contribution in [1.29, 1.82) is 0 Å². The number of aromatic nitrogens is 1. The molecular weight excluding hydrogens is 416 g/mol. The number of rotatable bonds is 3. The largest absolute Gasteiger partial charge is 0.423 e. The molecule has 0 spiro atoms. The summed E-state index contributed by atoms with van der Waals surface area (Å²) < 4.78 is 33.4. The van der Waals surface area contributed by atoms with Crippen LogP contribution in [0.1, 0.15) is 52.3 Å². The van der Waals surface area contributed by atoms with Gasteiger partial charge in [-0.2, -0.15) is 4.98 Å². The minimum atomic E-state index is -3.75. The molecule has 1 saturated heterocycles. The number of halogens is 1. The van der Waals surface area contributed by atoms with Crippen molar-refractivity contribution in [2.75, 3.05) is 18.0 Å². The van der Waals surface area contributed by atoms with Crippen LogP contribution < -0.4 is 4.90 Å². The summed E-state index contributed by atoms with van der Waals surface area (Å²) in [7, 11) is -3.75. The fourth-order valence-electron chi connectivity index (χ4n) is 2.99. The van der Waals surface area contributed by atoms with E-state index in [2.05, 4.69) is 20.9 Å². The van der Waals surface area contributed by atoms with Gasteiger partial charge in [-0.1, -0.05) is 49.5 Å². The molecule has 1 aliphatic heterocycles. The SMILES string of the molecule is CC(C)(C)c1nc(S(=O)(=O)c2ccc(Br)cc2)c(N2CCCCCC2)o1. The lowest BCUT2D eigenvalue weighted by atomic mass is 9.97. The van der Waals surface area contributed by atoms with Gasteiger partial charge < -0.3 is 9.32 Å². The van der Waals surface area contributed by atoms with Gasteiger partial charge in [-0.15, -0.1) is 0 Å². The summed E-state index contributed by atoms with van der Waals surface area (Å²) >= 11 is 3.35. The van der Waals surface area contributed by atoms with Gasteiger partial charge in [-0.25, -0.2) is 8.42 Å². The topological polar surface area (TPSA) is 63.4 Å². The zero-order chi connectivity index (χ0) is 18.9. The highest BCUT2D eigenvalue weighted by molar-refractivity contribution is 9.10. The molecular formula is C19H25BrN2O3S. The van der Waals surface area contributed by atoms with E-state index in [0.717, 1.165) is 43.2 Å². The Balaban J connectivity index is 2.12. The van der Waals surface area contributed by atoms with Crippen LogP contribution in [0.25, 0.3) is 0 Å². The van der Waals surface area contributed by atoms with E-state index in [4.69, 9.17) is 4.42 Å². The Hall–Kier alpha value is -1.34. The maximum Gasteiger partial charge on any atom is 0.236 e. The average Bonchev–Trinajstić information content (AvgIpc) is 2.87. The first kappa shape index (κ1) is 19.4. The fraction of sp³-hybridized carbons (Fsp3) is 0.526. The van der Waals surface area contributed by atoms with Gasteiger partial charge in [0.05, 0.1) is 4.90 Å². The molecule has 2 aromatic rings. The summed E-state index contributed by atoms with van der Waals surface area (Å²) in [6, 6.07) is 6.64. The number of anilines is 1. The van der Waals surface area contributed by atoms with E-state index in [1.165, 1.54) is 0 Å². The van der Waals surface area contributed by atoms with E-state index >= 15 is 0 Å². The van der Waals surface area contributed by atoms with Gasteiger partial charge >= 0.3 is 0 Å². The molecule has 5 nitrogen and oxygen atoms in total. The lowest BCUT2D eigenvalue weighted by Gasteiger charge is -2.20. The second kappa shape index (κ2) is 7.35. The zero-order valence-electron chi connectivity index (χ0n) is 15.5. The van der Waals surface area contributed by atoms with Crippen molar-refractivity contribution >= 4 is 31.7 Å². The van der Waals surface area contributed by atoms with Crippen LogP contribution in [0.3, 0.4) is 0 Å². The van der Waals surface area contributed by atoms with Gasteiger partial charge in [0.25, 0.3) is 0 Å². The average molecular weight is 441 g/mol. The summed E-state index contributed by atoms with van der Waals surface area (Å²) in [5, 5.41) is 0.0339. The van der Waals surface area contributed by atoms with Gasteiger partial charge in [0.1, 0.15) is 0 Å². The minimum absolute atomic E-state index is 0.0339. The molecule has 0 bridgehead atoms. The van der Waals surface area contributed by atoms with Crippen molar-refractivity contribution in [3.8, 4) is 0 Å². The van der Waals surface area contributed by atoms with Crippen LogP contribution in [0.4, 0.5) is 5.88 Å². The molecule has 1 aromatic heterocycles. The first-order chi connectivity index (χ1) is 12.2. The highest BCUT2D eigenvalue weighted by atomic mass is 79.9. The van der Waals surface area contributed by atoms with E-state index in [-0.39, 0.29) is 15.3 Å². The Kier molecular flexibility index (Phi) is 5.49. The lowest BCUT2D eigenvalue weighted by Crippen LogP contribution is -2.25. The molecule has 1 aromatic carbocycles. The third-order valence-electron chi connectivity index (χ3n) is 4.49. The second-order valence-corrected chi connectivity index (χ2v) is 10.5. The zero-order valence-corrected chi connectivity index (χ0v) is 17.9. The summed E-state index contributed by atoms with van der Waals surface area (Å²) in [4.78, 5) is 6.72. The highest BCUT2D eigenvalue weighted by Gasteiger charge is 2.34. The number of sulfone groups is 1. The predicted molar refractivity (Wildman–Crippen MR) is 105 cm³/mol. The van der Waals surface area contributed by atoms with Gasteiger partial charge in [-0.3, -0.25) is 0 Å².